The van der Waals surface area contributed by atoms with Gasteiger partial charge >= 0.3 is 0 Å². The van der Waals surface area contributed by atoms with E-state index in [1.165, 1.54) is 0 Å². The van der Waals surface area contributed by atoms with Crippen molar-refractivity contribution < 1.29 is 4.79 Å². The average Bonchev–Trinajstić information content (AvgIpc) is 1.87. The minimum atomic E-state index is -0.312. The van der Waals surface area contributed by atoms with Crippen LogP contribution < -0.4 is 5.43 Å². The molecule has 0 aromatic carbocycles. The molecule has 0 aromatic rings. The van der Waals surface area contributed by atoms with E-state index in [2.05, 4.69) is 5.29 Å². The van der Waals surface area contributed by atoms with Gasteiger partial charge in [0.15, 0.2) is 0 Å². The summed E-state index contributed by atoms with van der Waals surface area (Å²) >= 11 is 0. The SMILES string of the molecule is CCC(C)C(=O)NN=O. The molecule has 0 fully saturated rings. The molecule has 0 rings (SSSR count). The van der Waals surface area contributed by atoms with Crippen molar-refractivity contribution in [2.45, 2.75) is 20.3 Å². The number of nitrogens with one attached hydrogen (secondary N) is 1. The Labute approximate surface area is 53.6 Å². The summed E-state index contributed by atoms with van der Waals surface area (Å²) in [5.74, 6) is -0.435. The first kappa shape index (κ1) is 8.07. The Morgan fingerprint density at radius 2 is 2.33 bits per heavy atom. The maximum absolute atomic E-state index is 10.6. The lowest BCUT2D eigenvalue weighted by Gasteiger charge is -2.01. The molecule has 0 saturated carbocycles. The maximum Gasteiger partial charge on any atom is 0.245 e. The molecule has 52 valence electrons. The van der Waals surface area contributed by atoms with E-state index >= 15 is 0 Å². The summed E-state index contributed by atoms with van der Waals surface area (Å²) in [4.78, 5) is 20.0. The van der Waals surface area contributed by atoms with Gasteiger partial charge in [-0.2, -0.15) is 0 Å². The van der Waals surface area contributed by atoms with Crippen LogP contribution >= 0.6 is 0 Å². The highest BCUT2D eigenvalue weighted by atomic mass is 16.3. The number of rotatable bonds is 3. The molecule has 0 aliphatic rings. The molecule has 0 aliphatic carbocycles. The van der Waals surface area contributed by atoms with Gasteiger partial charge in [-0.15, -0.1) is 4.91 Å². The first-order chi connectivity index (χ1) is 4.22. The zero-order chi connectivity index (χ0) is 7.28. The van der Waals surface area contributed by atoms with Crippen LogP contribution in [0.1, 0.15) is 20.3 Å². The lowest BCUT2D eigenvalue weighted by Crippen LogP contribution is -2.23. The minimum Gasteiger partial charge on any atom is -0.273 e. The molecular formula is C5H10N2O2. The van der Waals surface area contributed by atoms with Gasteiger partial charge in [0, 0.05) is 5.92 Å². The number of nitroso groups, excluding NO2 is 1. The van der Waals surface area contributed by atoms with E-state index in [9.17, 15) is 9.70 Å². The van der Waals surface area contributed by atoms with E-state index < -0.39 is 0 Å². The monoisotopic (exact) mass is 130 g/mol. The Bertz CT molecular complexity index is 114. The van der Waals surface area contributed by atoms with Crippen molar-refractivity contribution in [3.63, 3.8) is 0 Å². The molecule has 4 nitrogen and oxygen atoms in total. The molecule has 1 unspecified atom stereocenters. The molecule has 0 radical (unpaired) electrons. The standard InChI is InChI=1S/C5H10N2O2/c1-3-4(2)5(8)6-7-9/h4H,3H2,1-2H3,(H,6,8,9). The van der Waals surface area contributed by atoms with Gasteiger partial charge in [0.05, 0.1) is 5.29 Å². The second-order valence-electron chi connectivity index (χ2n) is 1.88. The summed E-state index contributed by atoms with van der Waals surface area (Å²) in [6.45, 7) is 3.61. The van der Waals surface area contributed by atoms with Crippen LogP contribution in [-0.2, 0) is 4.79 Å². The van der Waals surface area contributed by atoms with Crippen LogP contribution in [0.25, 0.3) is 0 Å². The molecule has 4 heteroatoms. The highest BCUT2D eigenvalue weighted by molar-refractivity contribution is 5.77. The van der Waals surface area contributed by atoms with Gasteiger partial charge in [0.1, 0.15) is 0 Å². The zero-order valence-corrected chi connectivity index (χ0v) is 5.55. The topological polar surface area (TPSA) is 58.5 Å². The number of hydrogen-bond donors (Lipinski definition) is 1. The van der Waals surface area contributed by atoms with Crippen LogP contribution in [0, 0.1) is 10.8 Å². The van der Waals surface area contributed by atoms with Gasteiger partial charge in [0.2, 0.25) is 5.91 Å². The molecule has 0 saturated heterocycles. The van der Waals surface area contributed by atoms with Gasteiger partial charge < -0.3 is 0 Å². The Hall–Kier alpha value is -0.930. The third kappa shape index (κ3) is 2.79. The molecule has 1 amide bonds. The number of carbonyl (C=O) groups excluding carboxylic acids is 1. The van der Waals surface area contributed by atoms with E-state index in [-0.39, 0.29) is 11.8 Å². The molecule has 0 aromatic heterocycles. The summed E-state index contributed by atoms with van der Waals surface area (Å²) in [6, 6.07) is 0. The molecular weight excluding hydrogens is 120 g/mol. The lowest BCUT2D eigenvalue weighted by molar-refractivity contribution is -0.124. The van der Waals surface area contributed by atoms with Crippen LogP contribution in [0.5, 0.6) is 0 Å². The number of carbonyl (C=O) groups is 1. The van der Waals surface area contributed by atoms with Gasteiger partial charge in [-0.3, -0.25) is 4.79 Å². The van der Waals surface area contributed by atoms with E-state index in [0.29, 0.717) is 0 Å². The van der Waals surface area contributed by atoms with Crippen LogP contribution in [0.3, 0.4) is 0 Å². The van der Waals surface area contributed by atoms with Crippen molar-refractivity contribution in [3.8, 4) is 0 Å². The Morgan fingerprint density at radius 1 is 1.78 bits per heavy atom. The summed E-state index contributed by atoms with van der Waals surface area (Å²) in [6.07, 6.45) is 0.724. The van der Waals surface area contributed by atoms with Gasteiger partial charge in [-0.1, -0.05) is 13.8 Å². The van der Waals surface area contributed by atoms with Crippen LogP contribution in [-0.4, -0.2) is 5.91 Å². The fraction of sp³-hybridized carbons (Fsp3) is 0.800. The van der Waals surface area contributed by atoms with Gasteiger partial charge in [-0.25, -0.2) is 5.43 Å². The fourth-order valence-corrected chi connectivity index (χ4v) is 0.341. The lowest BCUT2D eigenvalue weighted by atomic mass is 10.1. The quantitative estimate of drug-likeness (QED) is 0.454. The van der Waals surface area contributed by atoms with Gasteiger partial charge in [-0.05, 0) is 6.42 Å². The van der Waals surface area contributed by atoms with Crippen LogP contribution in [0.2, 0.25) is 0 Å². The third-order valence-corrected chi connectivity index (χ3v) is 1.22. The van der Waals surface area contributed by atoms with Gasteiger partial charge in [0.25, 0.3) is 0 Å². The molecule has 0 spiro atoms. The largest absolute Gasteiger partial charge is 0.273 e. The van der Waals surface area contributed by atoms with Crippen LogP contribution in [0.15, 0.2) is 5.29 Å². The first-order valence-electron chi connectivity index (χ1n) is 2.84. The number of hydrogen-bond acceptors (Lipinski definition) is 3. The minimum absolute atomic E-state index is 0.123. The summed E-state index contributed by atoms with van der Waals surface area (Å²) in [5, 5.41) is 2.26. The Kier molecular flexibility index (Phi) is 3.59. The molecule has 1 N–H and O–H groups in total. The first-order valence-corrected chi connectivity index (χ1v) is 2.84. The summed E-state index contributed by atoms with van der Waals surface area (Å²) < 4.78 is 0. The Balaban J connectivity index is 3.58. The van der Waals surface area contributed by atoms with E-state index in [0.717, 1.165) is 6.42 Å². The van der Waals surface area contributed by atoms with Crippen molar-refractivity contribution in [2.75, 3.05) is 0 Å². The molecule has 1 atom stereocenters. The molecule has 9 heavy (non-hydrogen) atoms. The van der Waals surface area contributed by atoms with E-state index in [1.54, 1.807) is 6.92 Å². The van der Waals surface area contributed by atoms with Crippen molar-refractivity contribution in [1.82, 2.24) is 5.43 Å². The second-order valence-corrected chi connectivity index (χ2v) is 1.88. The van der Waals surface area contributed by atoms with Crippen molar-refractivity contribution in [1.29, 1.82) is 0 Å². The predicted molar refractivity (Wildman–Crippen MR) is 33.4 cm³/mol. The maximum atomic E-state index is 10.6. The highest BCUT2D eigenvalue weighted by Crippen LogP contribution is 1.98. The smallest absolute Gasteiger partial charge is 0.245 e. The highest BCUT2D eigenvalue weighted by Gasteiger charge is 2.08. The second kappa shape index (κ2) is 4.00. The number of nitrogens with zero attached hydrogens (tertiary/aromatic N) is 1. The third-order valence-electron chi connectivity index (χ3n) is 1.22. The van der Waals surface area contributed by atoms with Crippen molar-refractivity contribution in [2.24, 2.45) is 11.2 Å². The molecule has 0 bridgehead atoms. The summed E-state index contributed by atoms with van der Waals surface area (Å²) in [5.41, 5.74) is 1.83. The fourth-order valence-electron chi connectivity index (χ4n) is 0.341. The number of amides is 1. The van der Waals surface area contributed by atoms with E-state index in [1.807, 2.05) is 12.3 Å². The zero-order valence-electron chi connectivity index (χ0n) is 5.55. The molecule has 0 heterocycles. The van der Waals surface area contributed by atoms with E-state index in [4.69, 9.17) is 0 Å². The average molecular weight is 130 g/mol. The predicted octanol–water partition coefficient (Wildman–Crippen LogP) is 0.830. The van der Waals surface area contributed by atoms with Crippen LogP contribution in [0.4, 0.5) is 0 Å². The molecule has 0 aliphatic heterocycles. The normalized spacial score (nSPS) is 12.2. The van der Waals surface area contributed by atoms with Crippen molar-refractivity contribution >= 4 is 5.91 Å². The Morgan fingerprint density at radius 3 is 2.67 bits per heavy atom. The summed E-state index contributed by atoms with van der Waals surface area (Å²) in [7, 11) is 0. The van der Waals surface area contributed by atoms with Crippen molar-refractivity contribution in [3.05, 3.63) is 4.91 Å².